The molecule has 5 heteroatoms. The number of hydrogen-bond acceptors (Lipinski definition) is 2. The average molecular weight is 310 g/mol. The van der Waals surface area contributed by atoms with Gasteiger partial charge in [0, 0.05) is 29.8 Å². The standard InChI is InChI=1S/C16H24ClN3O/c1-13-5-2-3-11-20(13)12-4-10-18-16(21)19-15-8-6-14(17)7-9-15/h6-9,13H,2-5,10-12H2,1H3,(H2,18,19,21)/t13-/m1/s1. The van der Waals surface area contributed by atoms with Gasteiger partial charge in [-0.05, 0) is 57.0 Å². The van der Waals surface area contributed by atoms with Crippen molar-refractivity contribution in [3.05, 3.63) is 29.3 Å². The van der Waals surface area contributed by atoms with E-state index in [0.717, 1.165) is 18.7 Å². The number of piperidine rings is 1. The van der Waals surface area contributed by atoms with E-state index in [1.807, 2.05) is 0 Å². The zero-order valence-corrected chi connectivity index (χ0v) is 13.3. The Kier molecular flexibility index (Phi) is 6.33. The van der Waals surface area contributed by atoms with Crippen LogP contribution in [0.2, 0.25) is 5.02 Å². The third-order valence-corrected chi connectivity index (χ3v) is 4.20. The van der Waals surface area contributed by atoms with Crippen molar-refractivity contribution >= 4 is 23.3 Å². The number of carbonyl (C=O) groups excluding carboxylic acids is 1. The number of carbonyl (C=O) groups is 1. The van der Waals surface area contributed by atoms with Crippen LogP contribution in [0.25, 0.3) is 0 Å². The maximum absolute atomic E-state index is 11.7. The summed E-state index contributed by atoms with van der Waals surface area (Å²) < 4.78 is 0. The van der Waals surface area contributed by atoms with Gasteiger partial charge in [-0.3, -0.25) is 0 Å². The summed E-state index contributed by atoms with van der Waals surface area (Å²) in [5.74, 6) is 0. The Balaban J connectivity index is 1.61. The molecule has 1 aliphatic rings. The maximum atomic E-state index is 11.7. The van der Waals surface area contributed by atoms with E-state index in [1.54, 1.807) is 24.3 Å². The molecule has 1 atom stereocenters. The van der Waals surface area contributed by atoms with E-state index in [9.17, 15) is 4.79 Å². The van der Waals surface area contributed by atoms with Crippen molar-refractivity contribution in [2.75, 3.05) is 25.0 Å². The van der Waals surface area contributed by atoms with Gasteiger partial charge in [0.25, 0.3) is 0 Å². The quantitative estimate of drug-likeness (QED) is 0.814. The number of likely N-dealkylation sites (tertiary alicyclic amines) is 1. The van der Waals surface area contributed by atoms with Crippen molar-refractivity contribution in [3.63, 3.8) is 0 Å². The highest BCUT2D eigenvalue weighted by atomic mass is 35.5. The molecule has 1 heterocycles. The van der Waals surface area contributed by atoms with Crippen molar-refractivity contribution in [1.29, 1.82) is 0 Å². The SMILES string of the molecule is C[C@@H]1CCCCN1CCCNC(=O)Nc1ccc(Cl)cc1. The van der Waals surface area contributed by atoms with E-state index >= 15 is 0 Å². The Bertz CT molecular complexity index is 449. The number of urea groups is 1. The van der Waals surface area contributed by atoms with Gasteiger partial charge in [0.1, 0.15) is 0 Å². The molecule has 0 radical (unpaired) electrons. The molecule has 0 spiro atoms. The van der Waals surface area contributed by atoms with Gasteiger partial charge in [-0.2, -0.15) is 0 Å². The van der Waals surface area contributed by atoms with Gasteiger partial charge < -0.3 is 15.5 Å². The first-order chi connectivity index (χ1) is 10.1. The summed E-state index contributed by atoms with van der Waals surface area (Å²) in [5, 5.41) is 6.35. The number of rotatable bonds is 5. The lowest BCUT2D eigenvalue weighted by Crippen LogP contribution is -2.39. The smallest absolute Gasteiger partial charge is 0.319 e. The van der Waals surface area contributed by atoms with Crippen LogP contribution in [0.3, 0.4) is 0 Å². The van der Waals surface area contributed by atoms with Crippen LogP contribution in [-0.4, -0.2) is 36.6 Å². The van der Waals surface area contributed by atoms with Crippen molar-refractivity contribution in [2.45, 2.75) is 38.6 Å². The fourth-order valence-electron chi connectivity index (χ4n) is 2.68. The number of nitrogens with one attached hydrogen (secondary N) is 2. The Hall–Kier alpha value is -1.26. The van der Waals surface area contributed by atoms with Crippen LogP contribution < -0.4 is 10.6 Å². The van der Waals surface area contributed by atoms with Crippen molar-refractivity contribution in [3.8, 4) is 0 Å². The monoisotopic (exact) mass is 309 g/mol. The molecular weight excluding hydrogens is 286 g/mol. The minimum atomic E-state index is -0.163. The zero-order chi connectivity index (χ0) is 15.1. The second kappa shape index (κ2) is 8.25. The second-order valence-corrected chi connectivity index (χ2v) is 6.06. The zero-order valence-electron chi connectivity index (χ0n) is 12.6. The topological polar surface area (TPSA) is 44.4 Å². The molecule has 116 valence electrons. The molecule has 0 unspecified atom stereocenters. The normalized spacial score (nSPS) is 19.2. The predicted octanol–water partition coefficient (Wildman–Crippen LogP) is 3.73. The third kappa shape index (κ3) is 5.56. The molecule has 1 fully saturated rings. The van der Waals surface area contributed by atoms with E-state index in [0.29, 0.717) is 17.6 Å². The lowest BCUT2D eigenvalue weighted by atomic mass is 10.0. The van der Waals surface area contributed by atoms with Gasteiger partial charge in [0.2, 0.25) is 0 Å². The van der Waals surface area contributed by atoms with Gasteiger partial charge in [0.15, 0.2) is 0 Å². The number of nitrogens with zero attached hydrogens (tertiary/aromatic N) is 1. The van der Waals surface area contributed by atoms with Crippen LogP contribution >= 0.6 is 11.6 Å². The molecule has 2 N–H and O–H groups in total. The van der Waals surface area contributed by atoms with Gasteiger partial charge in [-0.15, -0.1) is 0 Å². The molecule has 1 aromatic carbocycles. The fraction of sp³-hybridized carbons (Fsp3) is 0.562. The van der Waals surface area contributed by atoms with Crippen molar-refractivity contribution < 1.29 is 4.79 Å². The first kappa shape index (κ1) is 16.1. The number of amides is 2. The summed E-state index contributed by atoms with van der Waals surface area (Å²) in [5.41, 5.74) is 0.751. The molecule has 0 aromatic heterocycles. The Labute approximate surface area is 131 Å². The average Bonchev–Trinajstić information content (AvgIpc) is 2.48. The van der Waals surface area contributed by atoms with Crippen LogP contribution in [0, 0.1) is 0 Å². The molecular formula is C16H24ClN3O. The van der Waals surface area contributed by atoms with E-state index < -0.39 is 0 Å². The molecule has 4 nitrogen and oxygen atoms in total. The molecule has 1 aromatic rings. The molecule has 21 heavy (non-hydrogen) atoms. The van der Waals surface area contributed by atoms with Gasteiger partial charge in [-0.1, -0.05) is 18.0 Å². The Morgan fingerprint density at radius 3 is 2.81 bits per heavy atom. The van der Waals surface area contributed by atoms with Crippen LogP contribution in [-0.2, 0) is 0 Å². The van der Waals surface area contributed by atoms with Crippen molar-refractivity contribution in [2.24, 2.45) is 0 Å². The summed E-state index contributed by atoms with van der Waals surface area (Å²) in [4.78, 5) is 14.3. The molecule has 0 aliphatic carbocycles. The maximum Gasteiger partial charge on any atom is 0.319 e. The van der Waals surface area contributed by atoms with Gasteiger partial charge in [-0.25, -0.2) is 4.79 Å². The first-order valence-corrected chi connectivity index (χ1v) is 8.07. The summed E-state index contributed by atoms with van der Waals surface area (Å²) >= 11 is 5.80. The fourth-order valence-corrected chi connectivity index (χ4v) is 2.81. The van der Waals surface area contributed by atoms with Crippen LogP contribution in [0.4, 0.5) is 10.5 Å². The number of halogens is 1. The van der Waals surface area contributed by atoms with E-state index in [2.05, 4.69) is 22.5 Å². The molecule has 1 aliphatic heterocycles. The second-order valence-electron chi connectivity index (χ2n) is 5.62. The number of benzene rings is 1. The molecule has 0 saturated carbocycles. The Morgan fingerprint density at radius 1 is 1.33 bits per heavy atom. The number of anilines is 1. The minimum Gasteiger partial charge on any atom is -0.338 e. The molecule has 0 bridgehead atoms. The highest BCUT2D eigenvalue weighted by Gasteiger charge is 2.17. The molecule has 1 saturated heterocycles. The van der Waals surface area contributed by atoms with E-state index in [-0.39, 0.29) is 6.03 Å². The van der Waals surface area contributed by atoms with Crippen LogP contribution in [0.1, 0.15) is 32.6 Å². The lowest BCUT2D eigenvalue weighted by Gasteiger charge is -2.33. The molecule has 2 rings (SSSR count). The van der Waals surface area contributed by atoms with Crippen LogP contribution in [0.15, 0.2) is 24.3 Å². The van der Waals surface area contributed by atoms with Gasteiger partial charge in [0.05, 0.1) is 0 Å². The lowest BCUT2D eigenvalue weighted by molar-refractivity contribution is 0.159. The number of hydrogen-bond donors (Lipinski definition) is 2. The largest absolute Gasteiger partial charge is 0.338 e. The van der Waals surface area contributed by atoms with E-state index in [4.69, 9.17) is 11.6 Å². The van der Waals surface area contributed by atoms with Gasteiger partial charge >= 0.3 is 6.03 Å². The predicted molar refractivity (Wildman–Crippen MR) is 88.0 cm³/mol. The highest BCUT2D eigenvalue weighted by molar-refractivity contribution is 6.30. The Morgan fingerprint density at radius 2 is 2.10 bits per heavy atom. The highest BCUT2D eigenvalue weighted by Crippen LogP contribution is 2.16. The third-order valence-electron chi connectivity index (χ3n) is 3.95. The summed E-state index contributed by atoms with van der Waals surface area (Å²) in [6, 6.07) is 7.61. The summed E-state index contributed by atoms with van der Waals surface area (Å²) in [6.45, 7) is 5.24. The minimum absolute atomic E-state index is 0.163. The van der Waals surface area contributed by atoms with Crippen LogP contribution in [0.5, 0.6) is 0 Å². The first-order valence-electron chi connectivity index (χ1n) is 7.69. The van der Waals surface area contributed by atoms with E-state index in [1.165, 1.54) is 25.8 Å². The summed E-state index contributed by atoms with van der Waals surface area (Å²) in [6.07, 6.45) is 4.93. The summed E-state index contributed by atoms with van der Waals surface area (Å²) in [7, 11) is 0. The molecule has 2 amide bonds. The van der Waals surface area contributed by atoms with Crippen molar-refractivity contribution in [1.82, 2.24) is 10.2 Å².